The number of aliphatic hydroxyl groups is 3. The van der Waals surface area contributed by atoms with Crippen molar-refractivity contribution >= 4 is 5.69 Å². The molecule has 1 aliphatic heterocycles. The molecule has 0 aliphatic carbocycles. The van der Waals surface area contributed by atoms with Crippen LogP contribution in [0.1, 0.15) is 0 Å². The van der Waals surface area contributed by atoms with Gasteiger partial charge in [-0.3, -0.25) is 0 Å². The number of aliphatic hydroxyl groups excluding tert-OH is 3. The van der Waals surface area contributed by atoms with Gasteiger partial charge in [-0.1, -0.05) is 0 Å². The molecule has 1 heterocycles. The Kier molecular flexibility index (Phi) is 3.49. The molecular weight excluding hydrogens is 226 g/mol. The first-order chi connectivity index (χ1) is 8.08. The fourth-order valence-corrected chi connectivity index (χ4v) is 1.66. The van der Waals surface area contributed by atoms with Gasteiger partial charge in [-0.25, -0.2) is 0 Å². The van der Waals surface area contributed by atoms with Crippen molar-refractivity contribution in [1.29, 1.82) is 0 Å². The summed E-state index contributed by atoms with van der Waals surface area (Å²) < 4.78 is 5.17. The van der Waals surface area contributed by atoms with Gasteiger partial charge in [-0.2, -0.15) is 0 Å². The van der Waals surface area contributed by atoms with Crippen LogP contribution in [0.2, 0.25) is 0 Å². The highest BCUT2D eigenvalue weighted by Gasteiger charge is 2.37. The Morgan fingerprint density at radius 1 is 1.06 bits per heavy atom. The van der Waals surface area contributed by atoms with Crippen molar-refractivity contribution in [2.24, 2.45) is 0 Å². The summed E-state index contributed by atoms with van der Waals surface area (Å²) in [5.41, 5.74) is 0.635. The zero-order valence-corrected chi connectivity index (χ0v) is 9.02. The lowest BCUT2D eigenvalue weighted by Gasteiger charge is -2.35. The highest BCUT2D eigenvalue weighted by atomic mass is 16.5. The minimum absolute atomic E-state index is 0.0476. The van der Waals surface area contributed by atoms with E-state index in [1.54, 1.807) is 12.1 Å². The molecule has 1 aromatic rings. The summed E-state index contributed by atoms with van der Waals surface area (Å²) in [6, 6.07) is 6.21. The number of hydrogen-bond acceptors (Lipinski definition) is 6. The van der Waals surface area contributed by atoms with Crippen LogP contribution in [-0.4, -0.2) is 51.6 Å². The van der Waals surface area contributed by atoms with Crippen LogP contribution < -0.4 is 5.32 Å². The Bertz CT molecular complexity index is 369. The number of phenols is 1. The third-order valence-electron chi connectivity index (χ3n) is 2.68. The highest BCUT2D eigenvalue weighted by molar-refractivity contribution is 5.46. The van der Waals surface area contributed by atoms with Crippen LogP contribution in [0.25, 0.3) is 0 Å². The second-order valence-electron chi connectivity index (χ2n) is 3.99. The average Bonchev–Trinajstić information content (AvgIpc) is 2.33. The summed E-state index contributed by atoms with van der Waals surface area (Å²) in [6.07, 6.45) is -4.33. The first-order valence-corrected chi connectivity index (χ1v) is 5.29. The molecule has 5 N–H and O–H groups in total. The molecule has 1 aromatic carbocycles. The standard InChI is InChI=1S/C11H15NO5/c13-7-3-1-6(2-4-7)12-11-10(16)9(15)8(14)5-17-11/h1-4,8-16H,5H2. The largest absolute Gasteiger partial charge is 0.508 e. The van der Waals surface area contributed by atoms with E-state index in [4.69, 9.17) is 9.84 Å². The van der Waals surface area contributed by atoms with Crippen LogP contribution >= 0.6 is 0 Å². The maximum Gasteiger partial charge on any atom is 0.156 e. The molecular formula is C11H15NO5. The van der Waals surface area contributed by atoms with E-state index in [0.717, 1.165) is 0 Å². The van der Waals surface area contributed by atoms with Gasteiger partial charge in [0.05, 0.1) is 6.61 Å². The van der Waals surface area contributed by atoms with E-state index in [1.165, 1.54) is 12.1 Å². The van der Waals surface area contributed by atoms with Crippen LogP contribution in [0.4, 0.5) is 5.69 Å². The zero-order chi connectivity index (χ0) is 12.4. The molecule has 6 heteroatoms. The second kappa shape index (κ2) is 4.89. The van der Waals surface area contributed by atoms with E-state index >= 15 is 0 Å². The van der Waals surface area contributed by atoms with Gasteiger partial charge < -0.3 is 30.5 Å². The normalized spacial score (nSPS) is 33.4. The number of aromatic hydroxyl groups is 1. The molecule has 94 valence electrons. The smallest absolute Gasteiger partial charge is 0.156 e. The zero-order valence-electron chi connectivity index (χ0n) is 9.02. The highest BCUT2D eigenvalue weighted by Crippen LogP contribution is 2.20. The fraction of sp³-hybridized carbons (Fsp3) is 0.455. The van der Waals surface area contributed by atoms with Crippen molar-refractivity contribution in [2.45, 2.75) is 24.5 Å². The van der Waals surface area contributed by atoms with Crippen molar-refractivity contribution in [3.63, 3.8) is 0 Å². The van der Waals surface area contributed by atoms with E-state index < -0.39 is 24.5 Å². The minimum atomic E-state index is -1.24. The molecule has 1 fully saturated rings. The third kappa shape index (κ3) is 2.67. The van der Waals surface area contributed by atoms with Gasteiger partial charge in [0.2, 0.25) is 0 Å². The van der Waals surface area contributed by atoms with E-state index in [9.17, 15) is 15.3 Å². The molecule has 0 saturated carbocycles. The Balaban J connectivity index is 2.01. The molecule has 0 spiro atoms. The predicted molar refractivity (Wildman–Crippen MR) is 59.5 cm³/mol. The molecule has 1 saturated heterocycles. The van der Waals surface area contributed by atoms with Gasteiger partial charge in [-0.15, -0.1) is 0 Å². The fourth-order valence-electron chi connectivity index (χ4n) is 1.66. The summed E-state index contributed by atoms with van der Waals surface area (Å²) >= 11 is 0. The average molecular weight is 241 g/mol. The van der Waals surface area contributed by atoms with Gasteiger partial charge in [-0.05, 0) is 24.3 Å². The number of hydrogen-bond donors (Lipinski definition) is 5. The van der Waals surface area contributed by atoms with Crippen molar-refractivity contribution in [2.75, 3.05) is 11.9 Å². The number of rotatable bonds is 2. The van der Waals surface area contributed by atoms with Crippen molar-refractivity contribution in [1.82, 2.24) is 0 Å². The molecule has 0 amide bonds. The number of anilines is 1. The van der Waals surface area contributed by atoms with Gasteiger partial charge in [0.25, 0.3) is 0 Å². The van der Waals surface area contributed by atoms with Crippen LogP contribution in [0.5, 0.6) is 5.75 Å². The quantitative estimate of drug-likeness (QED) is 0.436. The van der Waals surface area contributed by atoms with E-state index in [2.05, 4.69) is 5.32 Å². The maximum atomic E-state index is 9.68. The van der Waals surface area contributed by atoms with Crippen LogP contribution in [0.15, 0.2) is 24.3 Å². The first-order valence-electron chi connectivity index (χ1n) is 5.29. The first kappa shape index (κ1) is 12.1. The van der Waals surface area contributed by atoms with Crippen molar-refractivity contribution < 1.29 is 25.2 Å². The third-order valence-corrected chi connectivity index (χ3v) is 2.68. The summed E-state index contributed by atoms with van der Waals surface area (Å²) in [7, 11) is 0. The summed E-state index contributed by atoms with van der Waals surface area (Å²) in [4.78, 5) is 0. The van der Waals surface area contributed by atoms with E-state index in [1.807, 2.05) is 0 Å². The van der Waals surface area contributed by atoms with Crippen molar-refractivity contribution in [3.8, 4) is 5.75 Å². The Hall–Kier alpha value is -1.34. The monoisotopic (exact) mass is 241 g/mol. The second-order valence-corrected chi connectivity index (χ2v) is 3.99. The van der Waals surface area contributed by atoms with Gasteiger partial charge in [0.15, 0.2) is 6.23 Å². The SMILES string of the molecule is Oc1ccc(NC2OCC(O)C(O)C2O)cc1. The molecule has 0 bridgehead atoms. The number of benzene rings is 1. The lowest BCUT2D eigenvalue weighted by atomic mass is 10.0. The van der Waals surface area contributed by atoms with Crippen LogP contribution in [0, 0.1) is 0 Å². The molecule has 0 radical (unpaired) electrons. The lowest BCUT2D eigenvalue weighted by molar-refractivity contribution is -0.178. The Morgan fingerprint density at radius 3 is 2.35 bits per heavy atom. The molecule has 4 unspecified atom stereocenters. The molecule has 17 heavy (non-hydrogen) atoms. The molecule has 0 aromatic heterocycles. The van der Waals surface area contributed by atoms with Gasteiger partial charge in [0, 0.05) is 5.69 Å². The van der Waals surface area contributed by atoms with Gasteiger partial charge in [0.1, 0.15) is 24.1 Å². The number of nitrogens with one attached hydrogen (secondary N) is 1. The lowest BCUT2D eigenvalue weighted by Crippen LogP contribution is -2.55. The van der Waals surface area contributed by atoms with Gasteiger partial charge >= 0.3 is 0 Å². The summed E-state index contributed by atoms with van der Waals surface area (Å²) in [5.74, 6) is 0.135. The molecule has 6 nitrogen and oxygen atoms in total. The van der Waals surface area contributed by atoms with Crippen molar-refractivity contribution in [3.05, 3.63) is 24.3 Å². The summed E-state index contributed by atoms with van der Waals surface area (Å²) in [5, 5.41) is 40.4. The topological polar surface area (TPSA) is 102 Å². The molecule has 2 rings (SSSR count). The molecule has 4 atom stereocenters. The minimum Gasteiger partial charge on any atom is -0.508 e. The van der Waals surface area contributed by atoms with Crippen LogP contribution in [-0.2, 0) is 4.74 Å². The Morgan fingerprint density at radius 2 is 1.71 bits per heavy atom. The Labute approximate surface area is 98.1 Å². The van der Waals surface area contributed by atoms with E-state index in [0.29, 0.717) is 5.69 Å². The maximum absolute atomic E-state index is 9.68. The summed E-state index contributed by atoms with van der Waals surface area (Å²) in [6.45, 7) is -0.0476. The number of phenolic OH excluding ortho intramolecular Hbond substituents is 1. The number of ether oxygens (including phenoxy) is 1. The van der Waals surface area contributed by atoms with E-state index in [-0.39, 0.29) is 12.4 Å². The predicted octanol–water partition coefficient (Wildman–Crippen LogP) is -0.757. The molecule has 1 aliphatic rings. The van der Waals surface area contributed by atoms with Crippen LogP contribution in [0.3, 0.4) is 0 Å².